The van der Waals surface area contributed by atoms with Crippen LogP contribution in [0.3, 0.4) is 0 Å². The maximum atomic E-state index is 10.2. The fourth-order valence-corrected chi connectivity index (χ4v) is 0.489. The van der Waals surface area contributed by atoms with Gasteiger partial charge in [-0.3, -0.25) is 4.98 Å². The van der Waals surface area contributed by atoms with Gasteiger partial charge in [-0.25, -0.2) is 4.79 Å². The fraction of sp³-hybridized carbons (Fsp3) is 0. The molecular formula is C6H10Cl3NO3. The van der Waals surface area contributed by atoms with Gasteiger partial charge in [0.25, 0.3) is 0 Å². The van der Waals surface area contributed by atoms with E-state index >= 15 is 0 Å². The third kappa shape index (κ3) is 7.80. The predicted molar refractivity (Wildman–Crippen MR) is 56.6 cm³/mol. The van der Waals surface area contributed by atoms with Gasteiger partial charge in [-0.1, -0.05) is 0 Å². The lowest BCUT2D eigenvalue weighted by Crippen LogP contribution is -1.94. The first kappa shape index (κ1) is 22.9. The number of nitrogens with zero attached hydrogens (tertiary/aromatic N) is 1. The molecule has 0 aliphatic heterocycles. The Kier molecular flexibility index (Phi) is 20.1. The van der Waals surface area contributed by atoms with Crippen LogP contribution in [0.4, 0.5) is 0 Å². The summed E-state index contributed by atoms with van der Waals surface area (Å²) in [5, 5.41) is 8.34. The molecule has 7 heteroatoms. The van der Waals surface area contributed by atoms with Crippen LogP contribution in [-0.2, 0) is 0 Å². The van der Waals surface area contributed by atoms with Crippen LogP contribution in [0.2, 0.25) is 0 Å². The van der Waals surface area contributed by atoms with Crippen molar-refractivity contribution in [2.45, 2.75) is 0 Å². The average Bonchev–Trinajstić information content (AvgIpc) is 1.90. The quantitative estimate of drug-likeness (QED) is 0.813. The summed E-state index contributed by atoms with van der Waals surface area (Å²) in [4.78, 5) is 13.8. The van der Waals surface area contributed by atoms with E-state index < -0.39 is 5.97 Å². The molecule has 0 radical (unpaired) electrons. The molecule has 0 bridgehead atoms. The van der Waals surface area contributed by atoms with E-state index in [4.69, 9.17) is 5.11 Å². The number of aromatic nitrogens is 1. The number of rotatable bonds is 1. The Hall–Kier alpha value is -0.550. The molecule has 0 fully saturated rings. The van der Waals surface area contributed by atoms with Crippen LogP contribution < -0.4 is 0 Å². The molecule has 1 heterocycles. The number of hydrogen-bond acceptors (Lipinski definition) is 2. The number of carboxylic acids is 1. The van der Waals surface area contributed by atoms with E-state index in [9.17, 15) is 4.79 Å². The molecule has 0 atom stereocenters. The van der Waals surface area contributed by atoms with Gasteiger partial charge in [-0.15, -0.1) is 37.2 Å². The van der Waals surface area contributed by atoms with Crippen molar-refractivity contribution < 1.29 is 15.4 Å². The van der Waals surface area contributed by atoms with E-state index in [1.54, 1.807) is 6.07 Å². The maximum Gasteiger partial charge on any atom is 0.337 e. The molecule has 3 N–H and O–H groups in total. The molecule has 0 aliphatic rings. The molecule has 4 nitrogen and oxygen atoms in total. The lowest BCUT2D eigenvalue weighted by molar-refractivity contribution is 0.0696. The second-order valence-corrected chi connectivity index (χ2v) is 1.55. The Morgan fingerprint density at radius 2 is 1.85 bits per heavy atom. The van der Waals surface area contributed by atoms with E-state index in [-0.39, 0.29) is 48.3 Å². The maximum absolute atomic E-state index is 10.2. The molecular weight excluding hydrogens is 240 g/mol. The summed E-state index contributed by atoms with van der Waals surface area (Å²) in [6.45, 7) is 0. The van der Waals surface area contributed by atoms with Crippen LogP contribution >= 0.6 is 37.2 Å². The first-order valence-electron chi connectivity index (χ1n) is 2.44. The van der Waals surface area contributed by atoms with Gasteiger partial charge in [-0.2, -0.15) is 0 Å². The smallest absolute Gasteiger partial charge is 0.337 e. The zero-order chi connectivity index (χ0) is 6.69. The van der Waals surface area contributed by atoms with Crippen molar-refractivity contribution in [2.24, 2.45) is 0 Å². The summed E-state index contributed by atoms with van der Waals surface area (Å²) in [7, 11) is 0. The van der Waals surface area contributed by atoms with Crippen LogP contribution in [0.5, 0.6) is 0 Å². The molecule has 0 aliphatic carbocycles. The highest BCUT2D eigenvalue weighted by atomic mass is 35.5. The van der Waals surface area contributed by atoms with E-state index in [0.717, 1.165) is 0 Å². The zero-order valence-electron chi connectivity index (χ0n) is 6.34. The minimum absolute atomic E-state index is 0. The van der Waals surface area contributed by atoms with Crippen LogP contribution in [0, 0.1) is 0 Å². The van der Waals surface area contributed by atoms with Crippen molar-refractivity contribution in [2.75, 3.05) is 0 Å². The molecule has 1 aromatic heterocycles. The number of carboxylic acid groups (broad SMARTS) is 1. The van der Waals surface area contributed by atoms with Crippen LogP contribution in [0.15, 0.2) is 24.5 Å². The highest BCUT2D eigenvalue weighted by molar-refractivity contribution is 5.87. The van der Waals surface area contributed by atoms with Crippen molar-refractivity contribution in [1.29, 1.82) is 0 Å². The molecule has 78 valence electrons. The lowest BCUT2D eigenvalue weighted by atomic mass is 10.3. The summed E-state index contributed by atoms with van der Waals surface area (Å²) in [6, 6.07) is 3.08. The number of hydrogen-bond donors (Lipinski definition) is 1. The Morgan fingerprint density at radius 1 is 1.31 bits per heavy atom. The van der Waals surface area contributed by atoms with Gasteiger partial charge in [0.2, 0.25) is 0 Å². The van der Waals surface area contributed by atoms with Crippen molar-refractivity contribution in [3.63, 3.8) is 0 Å². The summed E-state index contributed by atoms with van der Waals surface area (Å²) in [6.07, 6.45) is 2.84. The number of halogens is 3. The standard InChI is InChI=1S/C6H5NO2.3ClH.H2O/c8-6(9)5-2-1-3-7-4-5;;;;/h1-4H,(H,8,9);3*1H;1H2. The minimum atomic E-state index is -0.942. The number of aromatic carboxylic acids is 1. The predicted octanol–water partition coefficient (Wildman–Crippen LogP) is 1.22. The van der Waals surface area contributed by atoms with Gasteiger partial charge in [0, 0.05) is 12.4 Å². The lowest BCUT2D eigenvalue weighted by Gasteiger charge is -1.87. The Bertz CT molecular complexity index is 220. The second kappa shape index (κ2) is 11.4. The normalized spacial score (nSPS) is 6.15. The molecule has 0 spiro atoms. The summed E-state index contributed by atoms with van der Waals surface area (Å²) in [5.74, 6) is -0.942. The Labute approximate surface area is 93.9 Å². The largest absolute Gasteiger partial charge is 0.478 e. The first-order valence-corrected chi connectivity index (χ1v) is 2.44. The van der Waals surface area contributed by atoms with Crippen LogP contribution in [0.25, 0.3) is 0 Å². The Balaban J connectivity index is -0.000000101. The third-order valence-corrected chi connectivity index (χ3v) is 0.908. The molecule has 1 rings (SSSR count). The van der Waals surface area contributed by atoms with Gasteiger partial charge in [0.15, 0.2) is 0 Å². The molecule has 1 aromatic rings. The SMILES string of the molecule is Cl.Cl.Cl.O.O=C(O)c1cccnc1. The second-order valence-electron chi connectivity index (χ2n) is 1.55. The average molecular weight is 251 g/mol. The topological polar surface area (TPSA) is 81.7 Å². The molecule has 0 amide bonds. The Morgan fingerprint density at radius 3 is 2.08 bits per heavy atom. The minimum Gasteiger partial charge on any atom is -0.478 e. The van der Waals surface area contributed by atoms with E-state index in [1.807, 2.05) is 0 Å². The van der Waals surface area contributed by atoms with Crippen LogP contribution in [0.1, 0.15) is 10.4 Å². The zero-order valence-corrected chi connectivity index (χ0v) is 8.79. The molecule has 0 unspecified atom stereocenters. The van der Waals surface area contributed by atoms with Gasteiger partial charge >= 0.3 is 5.97 Å². The van der Waals surface area contributed by atoms with Gasteiger partial charge in [0.1, 0.15) is 0 Å². The van der Waals surface area contributed by atoms with Gasteiger partial charge in [-0.05, 0) is 12.1 Å². The molecule has 0 saturated carbocycles. The van der Waals surface area contributed by atoms with Crippen molar-refractivity contribution in [3.05, 3.63) is 30.1 Å². The summed E-state index contributed by atoms with van der Waals surface area (Å²) < 4.78 is 0. The van der Waals surface area contributed by atoms with Gasteiger partial charge in [0.05, 0.1) is 5.56 Å². The highest BCUT2D eigenvalue weighted by Crippen LogP contribution is 1.92. The molecule has 0 saturated heterocycles. The number of pyridine rings is 1. The molecule has 0 aromatic carbocycles. The van der Waals surface area contributed by atoms with Crippen molar-refractivity contribution >= 4 is 43.2 Å². The van der Waals surface area contributed by atoms with Gasteiger partial charge < -0.3 is 10.6 Å². The fourth-order valence-electron chi connectivity index (χ4n) is 0.489. The molecule has 13 heavy (non-hydrogen) atoms. The first-order chi connectivity index (χ1) is 4.30. The summed E-state index contributed by atoms with van der Waals surface area (Å²) >= 11 is 0. The summed E-state index contributed by atoms with van der Waals surface area (Å²) in [5.41, 5.74) is 0.220. The monoisotopic (exact) mass is 249 g/mol. The van der Waals surface area contributed by atoms with E-state index in [1.165, 1.54) is 18.5 Å². The van der Waals surface area contributed by atoms with E-state index in [0.29, 0.717) is 0 Å². The van der Waals surface area contributed by atoms with Crippen molar-refractivity contribution in [1.82, 2.24) is 4.98 Å². The third-order valence-electron chi connectivity index (χ3n) is 0.908. The van der Waals surface area contributed by atoms with Crippen LogP contribution in [-0.4, -0.2) is 21.5 Å². The van der Waals surface area contributed by atoms with E-state index in [2.05, 4.69) is 4.98 Å². The highest BCUT2D eigenvalue weighted by Gasteiger charge is 1.97. The number of carbonyl (C=O) groups is 1. The van der Waals surface area contributed by atoms with Crippen molar-refractivity contribution in [3.8, 4) is 0 Å².